The van der Waals surface area contributed by atoms with E-state index in [1.54, 1.807) is 39.0 Å². The number of aryl methyl sites for hydroxylation is 2. The molecule has 0 saturated carbocycles. The van der Waals surface area contributed by atoms with Crippen LogP contribution in [0.25, 0.3) is 0 Å². The predicted molar refractivity (Wildman–Crippen MR) is 83.5 cm³/mol. The number of rotatable bonds is 4. The van der Waals surface area contributed by atoms with Crippen LogP contribution in [0.1, 0.15) is 40.2 Å². The second-order valence-corrected chi connectivity index (χ2v) is 5.23. The van der Waals surface area contributed by atoms with Crippen molar-refractivity contribution in [3.05, 3.63) is 73.2 Å². The molecule has 0 radical (unpaired) electrons. The van der Waals surface area contributed by atoms with Crippen molar-refractivity contribution >= 4 is 11.7 Å². The molecule has 0 bridgehead atoms. The summed E-state index contributed by atoms with van der Waals surface area (Å²) in [6.07, 6.45) is -0.720. The minimum atomic E-state index is -0.776. The fraction of sp³-hybridized carbons (Fsp3) is 0.250. The van der Waals surface area contributed by atoms with Crippen molar-refractivity contribution in [1.82, 2.24) is 4.98 Å². The van der Waals surface area contributed by atoms with Crippen molar-refractivity contribution in [1.29, 1.82) is 0 Å². The summed E-state index contributed by atoms with van der Waals surface area (Å²) in [6.45, 7) is 4.92. The number of carbonyl (C=O) groups is 1. The van der Waals surface area contributed by atoms with Gasteiger partial charge in [-0.3, -0.25) is 14.9 Å². The molecule has 0 aliphatic rings. The molecule has 23 heavy (non-hydrogen) atoms. The third kappa shape index (κ3) is 3.63. The molecule has 1 aromatic carbocycles. The highest BCUT2D eigenvalue weighted by Gasteiger charge is 2.19. The fourth-order valence-electron chi connectivity index (χ4n) is 2.10. The molecule has 0 saturated heterocycles. The standard InChI is InChI=1S/C16H16N2O5/c1-9-4-6-12(8-14(9)18(21)22)11(3)23-16(20)13-7-5-10(2)17-15(13)19/h4-8,11H,1-3H3,(H,17,19). The first kappa shape index (κ1) is 16.4. The van der Waals surface area contributed by atoms with Gasteiger partial charge >= 0.3 is 5.97 Å². The second-order valence-electron chi connectivity index (χ2n) is 5.23. The van der Waals surface area contributed by atoms with Gasteiger partial charge in [0, 0.05) is 17.3 Å². The monoisotopic (exact) mass is 316 g/mol. The molecule has 7 heteroatoms. The largest absolute Gasteiger partial charge is 0.454 e. The number of nitro groups is 1. The SMILES string of the molecule is Cc1ccc(C(=O)OC(C)c2ccc(C)c([N+](=O)[O-])c2)c(=O)[nH]1. The Kier molecular flexibility index (Phi) is 4.59. The highest BCUT2D eigenvalue weighted by molar-refractivity contribution is 5.89. The molecule has 0 amide bonds. The first-order chi connectivity index (χ1) is 10.8. The number of hydrogen-bond donors (Lipinski definition) is 1. The first-order valence-electron chi connectivity index (χ1n) is 6.95. The van der Waals surface area contributed by atoms with Crippen LogP contribution in [0.3, 0.4) is 0 Å². The third-order valence-corrected chi connectivity index (χ3v) is 3.46. The Morgan fingerprint density at radius 3 is 2.57 bits per heavy atom. The zero-order valence-electron chi connectivity index (χ0n) is 13.0. The number of esters is 1. The molecule has 1 heterocycles. The van der Waals surface area contributed by atoms with Crippen molar-refractivity contribution in [2.45, 2.75) is 26.9 Å². The quantitative estimate of drug-likeness (QED) is 0.531. The number of benzene rings is 1. The van der Waals surface area contributed by atoms with Gasteiger partial charge in [-0.2, -0.15) is 0 Å². The molecular weight excluding hydrogens is 300 g/mol. The van der Waals surface area contributed by atoms with E-state index in [1.165, 1.54) is 12.1 Å². The average molecular weight is 316 g/mol. The van der Waals surface area contributed by atoms with Gasteiger partial charge in [-0.1, -0.05) is 12.1 Å². The summed E-state index contributed by atoms with van der Waals surface area (Å²) in [4.78, 5) is 36.8. The van der Waals surface area contributed by atoms with Crippen LogP contribution in [-0.4, -0.2) is 15.9 Å². The lowest BCUT2D eigenvalue weighted by Crippen LogP contribution is -2.21. The summed E-state index contributed by atoms with van der Waals surface area (Å²) in [7, 11) is 0. The Morgan fingerprint density at radius 1 is 1.26 bits per heavy atom. The van der Waals surface area contributed by atoms with Gasteiger partial charge in [0.25, 0.3) is 11.2 Å². The van der Waals surface area contributed by atoms with Gasteiger partial charge in [-0.05, 0) is 38.5 Å². The van der Waals surface area contributed by atoms with Crippen molar-refractivity contribution in [2.75, 3.05) is 0 Å². The molecule has 0 aliphatic carbocycles. The minimum absolute atomic E-state index is 0.0430. The lowest BCUT2D eigenvalue weighted by Gasteiger charge is -2.13. The zero-order valence-corrected chi connectivity index (χ0v) is 13.0. The van der Waals surface area contributed by atoms with E-state index >= 15 is 0 Å². The Morgan fingerprint density at radius 2 is 1.96 bits per heavy atom. The summed E-state index contributed by atoms with van der Waals surface area (Å²) in [5.41, 5.74) is 0.958. The maximum Gasteiger partial charge on any atom is 0.344 e. The van der Waals surface area contributed by atoms with E-state index in [4.69, 9.17) is 4.74 Å². The molecule has 2 rings (SSSR count). The number of aromatic amines is 1. The molecule has 1 unspecified atom stereocenters. The van der Waals surface area contributed by atoms with Crippen LogP contribution in [0.15, 0.2) is 35.1 Å². The van der Waals surface area contributed by atoms with Gasteiger partial charge in [0.2, 0.25) is 0 Å². The van der Waals surface area contributed by atoms with Gasteiger partial charge in [-0.25, -0.2) is 4.79 Å². The van der Waals surface area contributed by atoms with Crippen LogP contribution in [-0.2, 0) is 4.74 Å². The smallest absolute Gasteiger partial charge is 0.344 e. The van der Waals surface area contributed by atoms with Crippen LogP contribution >= 0.6 is 0 Å². The lowest BCUT2D eigenvalue weighted by atomic mass is 10.1. The number of nitro benzene ring substituents is 1. The topological polar surface area (TPSA) is 102 Å². The molecule has 1 atom stereocenters. The van der Waals surface area contributed by atoms with E-state index in [1.807, 2.05) is 0 Å². The summed E-state index contributed by atoms with van der Waals surface area (Å²) >= 11 is 0. The Balaban J connectivity index is 2.23. The minimum Gasteiger partial charge on any atom is -0.454 e. The fourth-order valence-corrected chi connectivity index (χ4v) is 2.10. The molecular formula is C16H16N2O5. The third-order valence-electron chi connectivity index (χ3n) is 3.46. The Bertz CT molecular complexity index is 825. The number of nitrogens with zero attached hydrogens (tertiary/aromatic N) is 1. The van der Waals surface area contributed by atoms with Crippen molar-refractivity contribution in [3.63, 3.8) is 0 Å². The van der Waals surface area contributed by atoms with Gasteiger partial charge in [0.15, 0.2) is 0 Å². The van der Waals surface area contributed by atoms with Gasteiger partial charge in [0.05, 0.1) is 4.92 Å². The highest BCUT2D eigenvalue weighted by Crippen LogP contribution is 2.25. The molecule has 120 valence electrons. The molecule has 1 N–H and O–H groups in total. The predicted octanol–water partition coefficient (Wildman–Crippen LogP) is 2.82. The highest BCUT2D eigenvalue weighted by atomic mass is 16.6. The summed E-state index contributed by atoms with van der Waals surface area (Å²) in [5, 5.41) is 11.0. The molecule has 0 fully saturated rings. The van der Waals surface area contributed by atoms with Crippen molar-refractivity contribution in [3.8, 4) is 0 Å². The van der Waals surface area contributed by atoms with Crippen LogP contribution in [0.5, 0.6) is 0 Å². The summed E-state index contributed by atoms with van der Waals surface area (Å²) in [6, 6.07) is 7.60. The Labute approximate surface area is 132 Å². The maximum absolute atomic E-state index is 12.1. The number of H-pyrrole nitrogens is 1. The molecule has 0 aliphatic heterocycles. The van der Waals surface area contributed by atoms with E-state index in [9.17, 15) is 19.7 Å². The van der Waals surface area contributed by atoms with Gasteiger partial charge in [0.1, 0.15) is 11.7 Å². The number of pyridine rings is 1. The number of aromatic nitrogens is 1. The Hall–Kier alpha value is -2.96. The number of carbonyl (C=O) groups excluding carboxylic acids is 1. The maximum atomic E-state index is 12.1. The van der Waals surface area contributed by atoms with E-state index in [2.05, 4.69) is 4.98 Å². The van der Waals surface area contributed by atoms with Crippen LogP contribution < -0.4 is 5.56 Å². The lowest BCUT2D eigenvalue weighted by molar-refractivity contribution is -0.385. The molecule has 0 spiro atoms. The number of nitrogens with one attached hydrogen (secondary N) is 1. The van der Waals surface area contributed by atoms with Crippen LogP contribution in [0.4, 0.5) is 5.69 Å². The summed E-state index contributed by atoms with van der Waals surface area (Å²) in [5.74, 6) is -0.776. The van der Waals surface area contributed by atoms with E-state index in [0.717, 1.165) is 0 Å². The molecule has 2 aromatic rings. The van der Waals surface area contributed by atoms with Gasteiger partial charge in [-0.15, -0.1) is 0 Å². The van der Waals surface area contributed by atoms with Gasteiger partial charge < -0.3 is 9.72 Å². The average Bonchev–Trinajstić information content (AvgIpc) is 2.46. The van der Waals surface area contributed by atoms with Crippen LogP contribution in [0.2, 0.25) is 0 Å². The molecule has 7 nitrogen and oxygen atoms in total. The normalized spacial score (nSPS) is 11.8. The number of hydrogen-bond acceptors (Lipinski definition) is 5. The van der Waals surface area contributed by atoms with Crippen molar-refractivity contribution in [2.24, 2.45) is 0 Å². The van der Waals surface area contributed by atoms with E-state index < -0.39 is 22.6 Å². The summed E-state index contributed by atoms with van der Waals surface area (Å²) < 4.78 is 5.24. The second kappa shape index (κ2) is 6.43. The van der Waals surface area contributed by atoms with E-state index in [0.29, 0.717) is 16.8 Å². The zero-order chi connectivity index (χ0) is 17.1. The number of ether oxygens (including phenoxy) is 1. The molecule has 1 aromatic heterocycles. The van der Waals surface area contributed by atoms with E-state index in [-0.39, 0.29) is 11.3 Å². The van der Waals surface area contributed by atoms with Crippen LogP contribution in [0, 0.1) is 24.0 Å². The first-order valence-corrected chi connectivity index (χ1v) is 6.95. The van der Waals surface area contributed by atoms with Crippen molar-refractivity contribution < 1.29 is 14.5 Å².